The van der Waals surface area contributed by atoms with Gasteiger partial charge in [0.25, 0.3) is 0 Å². The van der Waals surface area contributed by atoms with Crippen molar-refractivity contribution in [3.63, 3.8) is 0 Å². The molecular weight excluding hydrogens is 440 g/mol. The van der Waals surface area contributed by atoms with E-state index in [0.717, 1.165) is 33.8 Å². The predicted octanol–water partition coefficient (Wildman–Crippen LogP) is 6.55. The third-order valence-corrected chi connectivity index (χ3v) is 5.89. The van der Waals surface area contributed by atoms with Crippen molar-refractivity contribution in [1.29, 1.82) is 0 Å². The first-order valence-corrected chi connectivity index (χ1v) is 11.8. The lowest BCUT2D eigenvalue weighted by Gasteiger charge is -2.23. The van der Waals surface area contributed by atoms with Gasteiger partial charge in [0.1, 0.15) is 31.3 Å². The molecule has 0 aromatic heterocycles. The van der Waals surface area contributed by atoms with Gasteiger partial charge in [-0.3, -0.25) is 4.79 Å². The number of aryl methyl sites for hydroxylation is 1. The Morgan fingerprint density at radius 2 is 1.71 bits per heavy atom. The van der Waals surface area contributed by atoms with Gasteiger partial charge in [-0.1, -0.05) is 45.0 Å². The first-order valence-electron chi connectivity index (χ1n) is 11.8. The highest BCUT2D eigenvalue weighted by atomic mass is 16.6. The molecule has 3 aromatic carbocycles. The lowest BCUT2D eigenvalue weighted by molar-refractivity contribution is 0.104. The molecule has 35 heavy (non-hydrogen) atoms. The molecule has 1 aliphatic heterocycles. The third kappa shape index (κ3) is 5.86. The van der Waals surface area contributed by atoms with E-state index in [2.05, 4.69) is 45.9 Å². The van der Waals surface area contributed by atoms with Crippen LogP contribution >= 0.6 is 0 Å². The van der Waals surface area contributed by atoms with Crippen LogP contribution in [0.2, 0.25) is 0 Å². The van der Waals surface area contributed by atoms with Gasteiger partial charge in [0.15, 0.2) is 17.3 Å². The average Bonchev–Trinajstić information content (AvgIpc) is 2.85. The molecule has 0 aliphatic carbocycles. The van der Waals surface area contributed by atoms with E-state index < -0.39 is 0 Å². The number of hydrogen-bond acceptors (Lipinski definition) is 5. The van der Waals surface area contributed by atoms with E-state index in [-0.39, 0.29) is 11.2 Å². The van der Waals surface area contributed by atoms with Crippen molar-refractivity contribution in [3.05, 3.63) is 88.5 Å². The van der Waals surface area contributed by atoms with Crippen molar-refractivity contribution in [3.8, 4) is 23.0 Å². The molecule has 0 atom stereocenters. The second-order valence-electron chi connectivity index (χ2n) is 9.67. The first-order chi connectivity index (χ1) is 16.7. The topological polar surface area (TPSA) is 54.0 Å². The number of allylic oxidation sites excluding steroid dienone is 1. The molecule has 1 heterocycles. The van der Waals surface area contributed by atoms with Gasteiger partial charge in [-0.15, -0.1) is 0 Å². The highest BCUT2D eigenvalue weighted by molar-refractivity contribution is 6.07. The minimum absolute atomic E-state index is 0.0358. The molecule has 0 saturated heterocycles. The van der Waals surface area contributed by atoms with Crippen molar-refractivity contribution in [2.24, 2.45) is 0 Å². The molecule has 1 aliphatic rings. The smallest absolute Gasteiger partial charge is 0.185 e. The number of hydrogen-bond donors (Lipinski definition) is 0. The second kappa shape index (κ2) is 10.3. The zero-order valence-electron chi connectivity index (χ0n) is 21.0. The summed E-state index contributed by atoms with van der Waals surface area (Å²) in [6.07, 6.45) is 3.37. The normalized spacial score (nSPS) is 13.1. The molecule has 0 fully saturated rings. The van der Waals surface area contributed by atoms with E-state index in [1.807, 2.05) is 18.2 Å². The lowest BCUT2D eigenvalue weighted by Crippen LogP contribution is -2.15. The number of ether oxygens (including phenoxy) is 4. The molecule has 5 heteroatoms. The predicted molar refractivity (Wildman–Crippen MR) is 138 cm³/mol. The fraction of sp³-hybridized carbons (Fsp3) is 0.300. The molecular formula is C30H32O5. The quantitative estimate of drug-likeness (QED) is 0.288. The Kier molecular flexibility index (Phi) is 7.15. The Labute approximate surface area is 207 Å². The summed E-state index contributed by atoms with van der Waals surface area (Å²) in [5.74, 6) is 2.77. The number of carbonyl (C=O) groups excluding carboxylic acids is 1. The monoisotopic (exact) mass is 472 g/mol. The van der Waals surface area contributed by atoms with Crippen LogP contribution in [0.15, 0.2) is 60.7 Å². The Hall–Kier alpha value is -3.73. The number of rotatable bonds is 7. The van der Waals surface area contributed by atoms with E-state index in [4.69, 9.17) is 18.9 Å². The van der Waals surface area contributed by atoms with E-state index in [0.29, 0.717) is 36.9 Å². The van der Waals surface area contributed by atoms with Gasteiger partial charge in [-0.25, -0.2) is 0 Å². The highest BCUT2D eigenvalue weighted by Gasteiger charge is 2.19. The van der Waals surface area contributed by atoms with Crippen LogP contribution in [0.3, 0.4) is 0 Å². The first kappa shape index (κ1) is 24.4. The Bertz CT molecular complexity index is 1250. The van der Waals surface area contributed by atoms with Crippen LogP contribution in [-0.2, 0) is 12.0 Å². The van der Waals surface area contributed by atoms with Crippen molar-refractivity contribution in [2.45, 2.75) is 39.7 Å². The van der Waals surface area contributed by atoms with E-state index in [9.17, 15) is 4.79 Å². The fourth-order valence-electron chi connectivity index (χ4n) is 4.00. The summed E-state index contributed by atoms with van der Waals surface area (Å²) in [5.41, 5.74) is 4.61. The maximum Gasteiger partial charge on any atom is 0.185 e. The molecule has 3 aromatic rings. The summed E-state index contributed by atoms with van der Waals surface area (Å²) in [6, 6.07) is 17.4. The number of ketones is 1. The summed E-state index contributed by atoms with van der Waals surface area (Å²) < 4.78 is 23.0. The number of methoxy groups -OCH3 is 1. The standard InChI is InChI=1S/C30H32O5/c1-20-6-10-24(30(2,3)4)28(16-20)35-19-23-17-21(8-12-26(23)32-5)7-11-25(31)22-9-13-27-29(18-22)34-15-14-33-27/h6-13,16-18H,14-15,19H2,1-5H3/b11-7+. The van der Waals surface area contributed by atoms with Gasteiger partial charge >= 0.3 is 0 Å². The number of benzene rings is 3. The molecule has 0 N–H and O–H groups in total. The molecule has 182 valence electrons. The summed E-state index contributed by atoms with van der Waals surface area (Å²) >= 11 is 0. The SMILES string of the molecule is COc1ccc(/C=C/C(=O)c2ccc3c(c2)OCCO3)cc1COc1cc(C)ccc1C(C)(C)C. The van der Waals surface area contributed by atoms with Gasteiger partial charge in [0.2, 0.25) is 0 Å². The lowest BCUT2D eigenvalue weighted by atomic mass is 9.86. The Balaban J connectivity index is 1.52. The number of carbonyl (C=O) groups is 1. The van der Waals surface area contributed by atoms with E-state index >= 15 is 0 Å². The van der Waals surface area contributed by atoms with Gasteiger partial charge in [0, 0.05) is 11.1 Å². The van der Waals surface area contributed by atoms with Crippen LogP contribution < -0.4 is 18.9 Å². The van der Waals surface area contributed by atoms with Crippen LogP contribution in [0.5, 0.6) is 23.0 Å². The van der Waals surface area contributed by atoms with Crippen molar-refractivity contribution >= 4 is 11.9 Å². The summed E-state index contributed by atoms with van der Waals surface area (Å²) in [7, 11) is 1.65. The zero-order chi connectivity index (χ0) is 25.0. The van der Waals surface area contributed by atoms with Crippen LogP contribution in [0, 0.1) is 6.92 Å². The molecule has 5 nitrogen and oxygen atoms in total. The molecule has 4 rings (SSSR count). The van der Waals surface area contributed by atoms with Gasteiger partial charge in [0.05, 0.1) is 7.11 Å². The van der Waals surface area contributed by atoms with Gasteiger partial charge in [-0.2, -0.15) is 0 Å². The van der Waals surface area contributed by atoms with Crippen molar-refractivity contribution < 1.29 is 23.7 Å². The van der Waals surface area contributed by atoms with Gasteiger partial charge in [-0.05, 0) is 71.5 Å². The molecule has 0 bridgehead atoms. The van der Waals surface area contributed by atoms with Crippen molar-refractivity contribution in [1.82, 2.24) is 0 Å². The van der Waals surface area contributed by atoms with E-state index in [1.54, 1.807) is 37.5 Å². The fourth-order valence-corrected chi connectivity index (χ4v) is 4.00. The summed E-state index contributed by atoms with van der Waals surface area (Å²) in [4.78, 5) is 12.8. The van der Waals surface area contributed by atoms with Crippen LogP contribution in [-0.4, -0.2) is 26.1 Å². The summed E-state index contributed by atoms with van der Waals surface area (Å²) in [5, 5.41) is 0. The highest BCUT2D eigenvalue weighted by Crippen LogP contribution is 2.34. The second-order valence-corrected chi connectivity index (χ2v) is 9.67. The maximum absolute atomic E-state index is 12.8. The van der Waals surface area contributed by atoms with Gasteiger partial charge < -0.3 is 18.9 Å². The van der Waals surface area contributed by atoms with Crippen molar-refractivity contribution in [2.75, 3.05) is 20.3 Å². The zero-order valence-corrected chi connectivity index (χ0v) is 21.0. The van der Waals surface area contributed by atoms with Crippen LogP contribution in [0.4, 0.5) is 0 Å². The molecule has 0 spiro atoms. The summed E-state index contributed by atoms with van der Waals surface area (Å²) in [6.45, 7) is 9.94. The number of fused-ring (bicyclic) bond motifs is 1. The minimum atomic E-state index is -0.106. The maximum atomic E-state index is 12.8. The largest absolute Gasteiger partial charge is 0.496 e. The van der Waals surface area contributed by atoms with Crippen LogP contribution in [0.25, 0.3) is 6.08 Å². The third-order valence-electron chi connectivity index (χ3n) is 5.89. The molecule has 0 saturated carbocycles. The van der Waals surface area contributed by atoms with Crippen LogP contribution in [0.1, 0.15) is 53.4 Å². The molecule has 0 amide bonds. The van der Waals surface area contributed by atoms with E-state index in [1.165, 1.54) is 0 Å². The molecule has 0 unspecified atom stereocenters. The Morgan fingerprint density at radius 1 is 0.943 bits per heavy atom. The minimum Gasteiger partial charge on any atom is -0.496 e. The Morgan fingerprint density at radius 3 is 2.46 bits per heavy atom. The average molecular weight is 473 g/mol. The molecule has 0 radical (unpaired) electrons.